The average Bonchev–Trinajstić information content (AvgIpc) is 3.23. The summed E-state index contributed by atoms with van der Waals surface area (Å²) in [5.74, 6) is -3.06. The molecule has 3 heterocycles. The van der Waals surface area contributed by atoms with Crippen molar-refractivity contribution in [2.24, 2.45) is 11.8 Å². The Balaban J connectivity index is 1.41. The van der Waals surface area contributed by atoms with Gasteiger partial charge in [0.1, 0.15) is 5.82 Å². The van der Waals surface area contributed by atoms with E-state index in [1.54, 1.807) is 17.0 Å². The van der Waals surface area contributed by atoms with E-state index >= 15 is 0 Å². The van der Waals surface area contributed by atoms with Crippen LogP contribution in [0.3, 0.4) is 0 Å². The first-order chi connectivity index (χ1) is 12.0. The van der Waals surface area contributed by atoms with Crippen molar-refractivity contribution in [3.63, 3.8) is 0 Å². The molecule has 3 aliphatic heterocycles. The van der Waals surface area contributed by atoms with E-state index in [0.29, 0.717) is 32.6 Å². The van der Waals surface area contributed by atoms with E-state index in [2.05, 4.69) is 4.90 Å². The van der Waals surface area contributed by atoms with Gasteiger partial charge in [0.15, 0.2) is 0 Å². The van der Waals surface area contributed by atoms with Crippen LogP contribution in [0.1, 0.15) is 12.8 Å². The fourth-order valence-corrected chi connectivity index (χ4v) is 4.34. The standard InChI is InChI=1S/C18H21FN2O4/c19-11-1-3-12(4-2-11)20-7-9-21(10-8-20)17(22)15-13-5-6-14(25-13)16(15)18(23)24/h1-4,13-16H,5-10H2,(H,23,24)/p-1/t13-,14+,15-,16-/m0/s1. The number of halogens is 1. The van der Waals surface area contributed by atoms with E-state index in [9.17, 15) is 19.1 Å². The van der Waals surface area contributed by atoms with E-state index < -0.39 is 17.8 Å². The zero-order valence-corrected chi connectivity index (χ0v) is 13.8. The lowest BCUT2D eigenvalue weighted by atomic mass is 9.78. The molecule has 0 radical (unpaired) electrons. The number of ether oxygens (including phenoxy) is 1. The number of rotatable bonds is 3. The van der Waals surface area contributed by atoms with Crippen LogP contribution in [0, 0.1) is 17.7 Å². The summed E-state index contributed by atoms with van der Waals surface area (Å²) in [6.07, 6.45) is 0.742. The molecule has 3 aliphatic rings. The highest BCUT2D eigenvalue weighted by molar-refractivity contribution is 5.86. The second kappa shape index (κ2) is 6.29. The maximum Gasteiger partial charge on any atom is 0.229 e. The van der Waals surface area contributed by atoms with Gasteiger partial charge in [-0.2, -0.15) is 0 Å². The molecule has 6 nitrogen and oxygen atoms in total. The molecule has 2 bridgehead atoms. The number of carboxylic acids is 1. The first-order valence-corrected chi connectivity index (χ1v) is 8.70. The van der Waals surface area contributed by atoms with Gasteiger partial charge in [0.25, 0.3) is 0 Å². The minimum Gasteiger partial charge on any atom is -0.550 e. The van der Waals surface area contributed by atoms with Crippen LogP contribution in [-0.4, -0.2) is 55.2 Å². The Labute approximate surface area is 145 Å². The van der Waals surface area contributed by atoms with Crippen LogP contribution in [0.5, 0.6) is 0 Å². The third-order valence-corrected chi connectivity index (χ3v) is 5.61. The van der Waals surface area contributed by atoms with Crippen LogP contribution in [-0.2, 0) is 14.3 Å². The molecule has 3 saturated heterocycles. The predicted molar refractivity (Wildman–Crippen MR) is 85.1 cm³/mol. The SMILES string of the molecule is O=C([O-])[C@@H]1[C@@H](C(=O)N2CCN(c3ccc(F)cc3)CC2)[C@@H]2CC[C@H]1O2. The third-order valence-electron chi connectivity index (χ3n) is 5.61. The molecule has 1 aromatic rings. The zero-order chi connectivity index (χ0) is 17.6. The molecule has 0 N–H and O–H groups in total. The highest BCUT2D eigenvalue weighted by Gasteiger charge is 2.53. The highest BCUT2D eigenvalue weighted by atomic mass is 19.1. The normalized spacial score (nSPS) is 31.4. The molecule has 0 saturated carbocycles. The summed E-state index contributed by atoms with van der Waals surface area (Å²) < 4.78 is 18.7. The summed E-state index contributed by atoms with van der Waals surface area (Å²) in [5, 5.41) is 11.5. The molecule has 1 amide bonds. The van der Waals surface area contributed by atoms with Crippen molar-refractivity contribution in [3.05, 3.63) is 30.1 Å². The molecule has 0 spiro atoms. The lowest BCUT2D eigenvalue weighted by Gasteiger charge is -2.39. The first-order valence-electron chi connectivity index (χ1n) is 8.70. The lowest BCUT2D eigenvalue weighted by Crippen LogP contribution is -2.54. The Bertz CT molecular complexity index is 672. The van der Waals surface area contributed by atoms with Gasteiger partial charge in [-0.1, -0.05) is 0 Å². The number of amides is 1. The second-order valence-corrected chi connectivity index (χ2v) is 6.95. The van der Waals surface area contributed by atoms with Crippen LogP contribution in [0.25, 0.3) is 0 Å². The third kappa shape index (κ3) is 2.86. The van der Waals surface area contributed by atoms with Gasteiger partial charge in [-0.25, -0.2) is 4.39 Å². The fraction of sp³-hybridized carbons (Fsp3) is 0.556. The van der Waals surface area contributed by atoms with Crippen molar-refractivity contribution < 1.29 is 23.8 Å². The number of hydrogen-bond acceptors (Lipinski definition) is 5. The minimum absolute atomic E-state index is 0.139. The molecule has 3 fully saturated rings. The van der Waals surface area contributed by atoms with Crippen molar-refractivity contribution in [3.8, 4) is 0 Å². The summed E-state index contributed by atoms with van der Waals surface area (Å²) in [4.78, 5) is 28.2. The van der Waals surface area contributed by atoms with Gasteiger partial charge in [0, 0.05) is 43.8 Å². The topological polar surface area (TPSA) is 72.9 Å². The van der Waals surface area contributed by atoms with Crippen LogP contribution in [0.2, 0.25) is 0 Å². The van der Waals surface area contributed by atoms with Gasteiger partial charge in [0.05, 0.1) is 18.1 Å². The molecule has 1 aromatic carbocycles. The minimum atomic E-state index is -1.18. The molecule has 25 heavy (non-hydrogen) atoms. The molecule has 0 aliphatic carbocycles. The average molecular weight is 347 g/mol. The summed E-state index contributed by atoms with van der Waals surface area (Å²) in [7, 11) is 0. The van der Waals surface area contributed by atoms with E-state index in [4.69, 9.17) is 4.74 Å². The van der Waals surface area contributed by atoms with E-state index in [1.807, 2.05) is 0 Å². The van der Waals surface area contributed by atoms with Gasteiger partial charge in [-0.3, -0.25) is 4.79 Å². The molecule has 0 aromatic heterocycles. The lowest BCUT2D eigenvalue weighted by molar-refractivity contribution is -0.314. The van der Waals surface area contributed by atoms with E-state index in [0.717, 1.165) is 12.1 Å². The number of benzene rings is 1. The van der Waals surface area contributed by atoms with E-state index in [-0.39, 0.29) is 23.9 Å². The number of carboxylic acid groups (broad SMARTS) is 1. The molecule has 4 rings (SSSR count). The van der Waals surface area contributed by atoms with Gasteiger partial charge in [-0.05, 0) is 37.1 Å². The number of anilines is 1. The Morgan fingerprint density at radius 1 is 1.00 bits per heavy atom. The quantitative estimate of drug-likeness (QED) is 0.771. The van der Waals surface area contributed by atoms with Crippen LogP contribution in [0.15, 0.2) is 24.3 Å². The summed E-state index contributed by atoms with van der Waals surface area (Å²) in [6, 6.07) is 6.29. The molecular formula is C18H20FN2O4-. The Hall–Kier alpha value is -2.15. The van der Waals surface area contributed by atoms with Gasteiger partial charge >= 0.3 is 0 Å². The molecule has 4 atom stereocenters. The maximum atomic E-state index is 13.0. The first kappa shape index (κ1) is 16.3. The summed E-state index contributed by atoms with van der Waals surface area (Å²) >= 11 is 0. The van der Waals surface area contributed by atoms with Crippen molar-refractivity contribution in [1.29, 1.82) is 0 Å². The summed E-state index contributed by atoms with van der Waals surface area (Å²) in [5.41, 5.74) is 0.921. The van der Waals surface area contributed by atoms with Crippen molar-refractivity contribution in [1.82, 2.24) is 4.90 Å². The molecule has 7 heteroatoms. The van der Waals surface area contributed by atoms with Crippen LogP contribution < -0.4 is 10.0 Å². The van der Waals surface area contributed by atoms with Crippen molar-refractivity contribution in [2.75, 3.05) is 31.1 Å². The molecular weight excluding hydrogens is 327 g/mol. The van der Waals surface area contributed by atoms with Crippen LogP contribution >= 0.6 is 0 Å². The monoisotopic (exact) mass is 347 g/mol. The Kier molecular flexibility index (Phi) is 4.11. The van der Waals surface area contributed by atoms with E-state index in [1.165, 1.54) is 12.1 Å². The number of aliphatic carboxylic acids is 1. The van der Waals surface area contributed by atoms with Crippen LogP contribution in [0.4, 0.5) is 10.1 Å². The van der Waals surface area contributed by atoms with Gasteiger partial charge in [-0.15, -0.1) is 0 Å². The predicted octanol–water partition coefficient (Wildman–Crippen LogP) is 0.0178. The largest absolute Gasteiger partial charge is 0.550 e. The highest BCUT2D eigenvalue weighted by Crippen LogP contribution is 2.44. The van der Waals surface area contributed by atoms with Gasteiger partial charge in [0.2, 0.25) is 5.91 Å². The number of fused-ring (bicyclic) bond motifs is 2. The Morgan fingerprint density at radius 3 is 2.20 bits per heavy atom. The smallest absolute Gasteiger partial charge is 0.229 e. The summed E-state index contributed by atoms with van der Waals surface area (Å²) in [6.45, 7) is 2.30. The van der Waals surface area contributed by atoms with Crippen molar-refractivity contribution in [2.45, 2.75) is 25.0 Å². The number of carbonyl (C=O) groups excluding carboxylic acids is 2. The van der Waals surface area contributed by atoms with Gasteiger partial charge < -0.3 is 24.4 Å². The maximum absolute atomic E-state index is 13.0. The number of hydrogen-bond donors (Lipinski definition) is 0. The fourth-order valence-electron chi connectivity index (χ4n) is 4.34. The zero-order valence-electron chi connectivity index (χ0n) is 13.8. The van der Waals surface area contributed by atoms with Crippen molar-refractivity contribution >= 4 is 17.6 Å². The number of piperazine rings is 1. The number of nitrogens with zero attached hydrogens (tertiary/aromatic N) is 2. The number of carbonyl (C=O) groups is 2. The Morgan fingerprint density at radius 2 is 1.60 bits per heavy atom. The molecule has 0 unspecified atom stereocenters. The molecule has 134 valence electrons. The second-order valence-electron chi connectivity index (χ2n) is 6.95.